The molecule has 3 nitrogen and oxygen atoms in total. The lowest BCUT2D eigenvalue weighted by Crippen LogP contribution is -2.51. The van der Waals surface area contributed by atoms with Gasteiger partial charge >= 0.3 is 0 Å². The summed E-state index contributed by atoms with van der Waals surface area (Å²) in [6.45, 7) is 8.67. The molecular formula is C11H25NO2S. The first-order valence-corrected chi connectivity index (χ1v) is 7.59. The summed E-state index contributed by atoms with van der Waals surface area (Å²) < 4.78 is 22.7. The molecule has 0 heterocycles. The number of hydrogen-bond acceptors (Lipinski definition) is 3. The molecule has 0 aliphatic rings. The summed E-state index contributed by atoms with van der Waals surface area (Å²) in [4.78, 5) is 0. The molecule has 4 heteroatoms. The first-order valence-electron chi connectivity index (χ1n) is 5.70. The maximum Gasteiger partial charge on any atom is 0.154 e. The van der Waals surface area contributed by atoms with Crippen molar-refractivity contribution in [2.75, 3.05) is 12.8 Å². The molecule has 0 radical (unpaired) electrons. The molecule has 0 aromatic heterocycles. The van der Waals surface area contributed by atoms with E-state index < -0.39 is 14.6 Å². The molecule has 15 heavy (non-hydrogen) atoms. The Morgan fingerprint density at radius 1 is 1.20 bits per heavy atom. The topological polar surface area (TPSA) is 46.2 Å². The molecule has 0 aromatic carbocycles. The van der Waals surface area contributed by atoms with Crippen molar-refractivity contribution < 1.29 is 8.42 Å². The molecule has 0 amide bonds. The molecular weight excluding hydrogens is 210 g/mol. The van der Waals surface area contributed by atoms with E-state index in [4.69, 9.17) is 0 Å². The predicted octanol–water partition coefficient (Wildman–Crippen LogP) is 1.98. The predicted molar refractivity (Wildman–Crippen MR) is 65.9 cm³/mol. The summed E-state index contributed by atoms with van der Waals surface area (Å²) in [5.74, 6) is 0. The van der Waals surface area contributed by atoms with Crippen molar-refractivity contribution in [3.8, 4) is 0 Å². The Hall–Kier alpha value is -0.0900. The standard InChI is InChI=1S/C11H25NO2S/c1-6-8-10(12-9-7-2)11(3,4)15(5,13)14/h10,12H,6-9H2,1-5H3. The van der Waals surface area contributed by atoms with Crippen LogP contribution in [0.25, 0.3) is 0 Å². The second-order valence-corrected chi connectivity index (χ2v) is 7.27. The maximum atomic E-state index is 11.7. The Labute approximate surface area is 94.6 Å². The van der Waals surface area contributed by atoms with Crippen LogP contribution in [0.1, 0.15) is 47.0 Å². The van der Waals surface area contributed by atoms with E-state index in [2.05, 4.69) is 19.2 Å². The molecule has 1 atom stereocenters. The van der Waals surface area contributed by atoms with Gasteiger partial charge < -0.3 is 5.32 Å². The van der Waals surface area contributed by atoms with Gasteiger partial charge in [-0.15, -0.1) is 0 Å². The minimum Gasteiger partial charge on any atom is -0.312 e. The van der Waals surface area contributed by atoms with Gasteiger partial charge in [-0.1, -0.05) is 20.3 Å². The van der Waals surface area contributed by atoms with Crippen molar-refractivity contribution in [1.29, 1.82) is 0 Å². The quantitative estimate of drug-likeness (QED) is 0.734. The van der Waals surface area contributed by atoms with Crippen molar-refractivity contribution >= 4 is 9.84 Å². The molecule has 0 spiro atoms. The molecule has 0 aromatic rings. The Kier molecular flexibility index (Phi) is 5.81. The number of sulfone groups is 1. The zero-order chi connectivity index (χ0) is 12.1. The largest absolute Gasteiger partial charge is 0.312 e. The zero-order valence-corrected chi connectivity index (χ0v) is 11.4. The molecule has 1 N–H and O–H groups in total. The normalized spacial score (nSPS) is 15.3. The molecule has 0 aliphatic carbocycles. The zero-order valence-electron chi connectivity index (χ0n) is 10.6. The highest BCUT2D eigenvalue weighted by molar-refractivity contribution is 7.92. The van der Waals surface area contributed by atoms with Crippen LogP contribution in [-0.4, -0.2) is 32.0 Å². The van der Waals surface area contributed by atoms with Gasteiger partial charge in [-0.2, -0.15) is 0 Å². The fraction of sp³-hybridized carbons (Fsp3) is 1.00. The van der Waals surface area contributed by atoms with Gasteiger partial charge in [0.25, 0.3) is 0 Å². The van der Waals surface area contributed by atoms with E-state index >= 15 is 0 Å². The van der Waals surface area contributed by atoms with Crippen molar-refractivity contribution in [3.05, 3.63) is 0 Å². The van der Waals surface area contributed by atoms with E-state index in [1.165, 1.54) is 6.26 Å². The van der Waals surface area contributed by atoms with Gasteiger partial charge in [0.1, 0.15) is 0 Å². The van der Waals surface area contributed by atoms with E-state index in [-0.39, 0.29) is 6.04 Å². The Morgan fingerprint density at radius 2 is 1.73 bits per heavy atom. The molecule has 92 valence electrons. The van der Waals surface area contributed by atoms with E-state index in [9.17, 15) is 8.42 Å². The number of hydrogen-bond donors (Lipinski definition) is 1. The molecule has 0 fully saturated rings. The minimum atomic E-state index is -3.02. The summed E-state index contributed by atoms with van der Waals surface area (Å²) in [7, 11) is -3.02. The van der Waals surface area contributed by atoms with Crippen LogP contribution >= 0.6 is 0 Å². The highest BCUT2D eigenvalue weighted by Gasteiger charge is 2.37. The van der Waals surface area contributed by atoms with E-state index in [0.717, 1.165) is 25.8 Å². The van der Waals surface area contributed by atoms with E-state index in [0.29, 0.717) is 0 Å². The van der Waals surface area contributed by atoms with Crippen molar-refractivity contribution in [3.63, 3.8) is 0 Å². The lowest BCUT2D eigenvalue weighted by Gasteiger charge is -2.33. The van der Waals surface area contributed by atoms with Crippen LogP contribution in [0.2, 0.25) is 0 Å². The maximum absolute atomic E-state index is 11.7. The molecule has 0 bridgehead atoms. The summed E-state index contributed by atoms with van der Waals surface area (Å²) in [5.41, 5.74) is 0. The molecule has 1 unspecified atom stereocenters. The fourth-order valence-electron chi connectivity index (χ4n) is 1.56. The van der Waals surface area contributed by atoms with Gasteiger partial charge in [0.05, 0.1) is 4.75 Å². The summed E-state index contributed by atoms with van der Waals surface area (Å²) in [5, 5.41) is 3.34. The lowest BCUT2D eigenvalue weighted by molar-refractivity contribution is 0.385. The molecule has 0 saturated heterocycles. The first kappa shape index (κ1) is 14.9. The SMILES string of the molecule is CCCNC(CCC)C(C)(C)S(C)(=O)=O. The van der Waals surface area contributed by atoms with Crippen LogP contribution in [0.3, 0.4) is 0 Å². The van der Waals surface area contributed by atoms with E-state index in [1.807, 2.05) is 13.8 Å². The molecule has 0 rings (SSSR count). The van der Waals surface area contributed by atoms with Crippen LogP contribution in [-0.2, 0) is 9.84 Å². The van der Waals surface area contributed by atoms with E-state index in [1.54, 1.807) is 0 Å². The van der Waals surface area contributed by atoms with Crippen LogP contribution in [0, 0.1) is 0 Å². The van der Waals surface area contributed by atoms with Crippen LogP contribution < -0.4 is 5.32 Å². The molecule has 0 aliphatic heterocycles. The Morgan fingerprint density at radius 3 is 2.07 bits per heavy atom. The van der Waals surface area contributed by atoms with Crippen molar-refractivity contribution in [1.82, 2.24) is 5.32 Å². The third-order valence-electron chi connectivity index (χ3n) is 3.01. The Bertz CT molecular complexity index is 270. The summed E-state index contributed by atoms with van der Waals surface area (Å²) >= 11 is 0. The highest BCUT2D eigenvalue weighted by atomic mass is 32.2. The van der Waals surface area contributed by atoms with Gasteiger partial charge in [0, 0.05) is 12.3 Å². The number of rotatable bonds is 7. The van der Waals surface area contributed by atoms with Crippen molar-refractivity contribution in [2.45, 2.75) is 57.7 Å². The number of nitrogens with one attached hydrogen (secondary N) is 1. The molecule has 0 saturated carbocycles. The summed E-state index contributed by atoms with van der Waals surface area (Å²) in [6, 6.07) is 0.0532. The summed E-state index contributed by atoms with van der Waals surface area (Å²) in [6.07, 6.45) is 4.25. The third kappa shape index (κ3) is 4.11. The Balaban J connectivity index is 4.73. The van der Waals surface area contributed by atoms with Gasteiger partial charge in [-0.3, -0.25) is 0 Å². The van der Waals surface area contributed by atoms with Gasteiger partial charge in [0.15, 0.2) is 9.84 Å². The first-order chi connectivity index (χ1) is 6.77. The monoisotopic (exact) mass is 235 g/mol. The second kappa shape index (κ2) is 5.85. The average Bonchev–Trinajstić information content (AvgIpc) is 2.10. The minimum absolute atomic E-state index is 0.0532. The highest BCUT2D eigenvalue weighted by Crippen LogP contribution is 2.23. The average molecular weight is 235 g/mol. The van der Waals surface area contributed by atoms with Gasteiger partial charge in [0.2, 0.25) is 0 Å². The van der Waals surface area contributed by atoms with Gasteiger partial charge in [-0.25, -0.2) is 8.42 Å². The van der Waals surface area contributed by atoms with Crippen molar-refractivity contribution in [2.24, 2.45) is 0 Å². The lowest BCUT2D eigenvalue weighted by atomic mass is 9.98. The smallest absolute Gasteiger partial charge is 0.154 e. The second-order valence-electron chi connectivity index (χ2n) is 4.67. The van der Waals surface area contributed by atoms with Gasteiger partial charge in [-0.05, 0) is 33.2 Å². The van der Waals surface area contributed by atoms with Crippen LogP contribution in [0.5, 0.6) is 0 Å². The van der Waals surface area contributed by atoms with Crippen LogP contribution in [0.15, 0.2) is 0 Å². The fourth-order valence-corrected chi connectivity index (χ4v) is 2.28. The van der Waals surface area contributed by atoms with Crippen LogP contribution in [0.4, 0.5) is 0 Å². The third-order valence-corrected chi connectivity index (χ3v) is 5.21.